The zero-order chi connectivity index (χ0) is 15.1. The Kier molecular flexibility index (Phi) is 5.74. The van der Waals surface area contributed by atoms with E-state index < -0.39 is 17.9 Å². The third-order valence-corrected chi connectivity index (χ3v) is 2.60. The number of carbonyl (C=O) groups excluding carboxylic acids is 2. The molecule has 108 valence electrons. The summed E-state index contributed by atoms with van der Waals surface area (Å²) in [5.74, 6) is -0.666. The van der Waals surface area contributed by atoms with Gasteiger partial charge in [-0.1, -0.05) is 11.6 Å². The number of aliphatic hydroxyl groups excluding tert-OH is 1. The second-order valence-electron chi connectivity index (χ2n) is 4.24. The number of amides is 2. The quantitative estimate of drug-likeness (QED) is 0.636. The standard InChI is InChI=1S/C14H18N2O4/c1-9-3-5-12(20-2)10(7-9)4-6-13(18)16-8-11(17)14(15)19/h3-7,11,17H,8H2,1-2H3,(H2,15,19)(H,16,18)/b6-4+. The van der Waals surface area contributed by atoms with E-state index in [1.165, 1.54) is 6.08 Å². The zero-order valence-corrected chi connectivity index (χ0v) is 11.4. The molecule has 4 N–H and O–H groups in total. The average molecular weight is 278 g/mol. The Morgan fingerprint density at radius 3 is 2.80 bits per heavy atom. The lowest BCUT2D eigenvalue weighted by Gasteiger charge is -2.07. The van der Waals surface area contributed by atoms with E-state index in [9.17, 15) is 9.59 Å². The molecule has 20 heavy (non-hydrogen) atoms. The Morgan fingerprint density at radius 1 is 1.50 bits per heavy atom. The maximum Gasteiger partial charge on any atom is 0.248 e. The summed E-state index contributed by atoms with van der Waals surface area (Å²) >= 11 is 0. The molecule has 0 radical (unpaired) electrons. The number of ether oxygens (including phenoxy) is 1. The van der Waals surface area contributed by atoms with Crippen LogP contribution in [-0.2, 0) is 9.59 Å². The molecule has 1 atom stereocenters. The van der Waals surface area contributed by atoms with Crippen molar-refractivity contribution in [2.75, 3.05) is 13.7 Å². The van der Waals surface area contributed by atoms with Crippen LogP contribution in [0.2, 0.25) is 0 Å². The molecular formula is C14H18N2O4. The number of aliphatic hydroxyl groups is 1. The molecule has 0 spiro atoms. The highest BCUT2D eigenvalue weighted by Gasteiger charge is 2.10. The van der Waals surface area contributed by atoms with Gasteiger partial charge in [-0.15, -0.1) is 0 Å². The minimum Gasteiger partial charge on any atom is -0.496 e. The number of benzene rings is 1. The van der Waals surface area contributed by atoms with E-state index in [2.05, 4.69) is 5.32 Å². The Morgan fingerprint density at radius 2 is 2.20 bits per heavy atom. The number of hydrogen-bond acceptors (Lipinski definition) is 4. The first-order valence-corrected chi connectivity index (χ1v) is 6.02. The summed E-state index contributed by atoms with van der Waals surface area (Å²) in [5, 5.41) is 11.5. The van der Waals surface area contributed by atoms with Gasteiger partial charge in [0.05, 0.1) is 13.7 Å². The predicted molar refractivity (Wildman–Crippen MR) is 75.0 cm³/mol. The summed E-state index contributed by atoms with van der Waals surface area (Å²) in [6.07, 6.45) is 1.50. The van der Waals surface area contributed by atoms with Crippen LogP contribution in [0.5, 0.6) is 5.75 Å². The highest BCUT2D eigenvalue weighted by atomic mass is 16.5. The number of hydrogen-bond donors (Lipinski definition) is 3. The van der Waals surface area contributed by atoms with E-state index in [0.717, 1.165) is 11.1 Å². The topological polar surface area (TPSA) is 102 Å². The van der Waals surface area contributed by atoms with Gasteiger partial charge in [0.2, 0.25) is 11.8 Å². The van der Waals surface area contributed by atoms with Gasteiger partial charge in [-0.05, 0) is 25.1 Å². The first kappa shape index (κ1) is 15.7. The van der Waals surface area contributed by atoms with Crippen LogP contribution in [0.25, 0.3) is 6.08 Å². The molecule has 2 amide bonds. The molecule has 0 aromatic heterocycles. The van der Waals surface area contributed by atoms with Crippen LogP contribution in [0.4, 0.5) is 0 Å². The minimum absolute atomic E-state index is 0.219. The monoisotopic (exact) mass is 278 g/mol. The maximum atomic E-state index is 11.5. The highest BCUT2D eigenvalue weighted by molar-refractivity contribution is 5.92. The fourth-order valence-corrected chi connectivity index (χ4v) is 1.51. The molecule has 0 aliphatic carbocycles. The lowest BCUT2D eigenvalue weighted by molar-refractivity contribution is -0.126. The summed E-state index contributed by atoms with van der Waals surface area (Å²) in [7, 11) is 1.55. The van der Waals surface area contributed by atoms with Crippen LogP contribution in [0.1, 0.15) is 11.1 Å². The van der Waals surface area contributed by atoms with Gasteiger partial charge in [0, 0.05) is 11.6 Å². The second-order valence-corrected chi connectivity index (χ2v) is 4.24. The van der Waals surface area contributed by atoms with Crippen LogP contribution >= 0.6 is 0 Å². The first-order chi connectivity index (χ1) is 9.43. The average Bonchev–Trinajstić information content (AvgIpc) is 2.42. The molecule has 0 saturated carbocycles. The predicted octanol–water partition coefficient (Wildman–Crippen LogP) is -0.0208. The van der Waals surface area contributed by atoms with Gasteiger partial charge in [-0.25, -0.2) is 0 Å². The summed E-state index contributed by atoms with van der Waals surface area (Å²) in [6, 6.07) is 5.59. The normalized spacial score (nSPS) is 12.2. The Bertz CT molecular complexity index is 526. The van der Waals surface area contributed by atoms with Crippen LogP contribution < -0.4 is 15.8 Å². The van der Waals surface area contributed by atoms with Crippen molar-refractivity contribution in [1.82, 2.24) is 5.32 Å². The van der Waals surface area contributed by atoms with E-state index in [1.54, 1.807) is 13.2 Å². The van der Waals surface area contributed by atoms with E-state index in [-0.39, 0.29) is 6.54 Å². The van der Waals surface area contributed by atoms with Gasteiger partial charge in [-0.3, -0.25) is 9.59 Å². The number of rotatable bonds is 6. The Balaban J connectivity index is 2.65. The van der Waals surface area contributed by atoms with Crippen molar-refractivity contribution in [3.05, 3.63) is 35.4 Å². The molecule has 0 heterocycles. The summed E-state index contributed by atoms with van der Waals surface area (Å²) in [4.78, 5) is 22.1. The molecule has 6 heteroatoms. The van der Waals surface area contributed by atoms with Gasteiger partial charge in [0.25, 0.3) is 0 Å². The van der Waals surface area contributed by atoms with Crippen molar-refractivity contribution in [3.8, 4) is 5.75 Å². The van der Waals surface area contributed by atoms with Crippen molar-refractivity contribution in [2.24, 2.45) is 5.73 Å². The van der Waals surface area contributed by atoms with Crippen molar-refractivity contribution in [2.45, 2.75) is 13.0 Å². The molecule has 6 nitrogen and oxygen atoms in total. The van der Waals surface area contributed by atoms with Crippen LogP contribution in [0, 0.1) is 6.92 Å². The molecule has 1 unspecified atom stereocenters. The third-order valence-electron chi connectivity index (χ3n) is 2.60. The Labute approximate surface area is 117 Å². The first-order valence-electron chi connectivity index (χ1n) is 6.02. The maximum absolute atomic E-state index is 11.5. The number of primary amides is 1. The molecule has 0 aliphatic rings. The van der Waals surface area contributed by atoms with Gasteiger partial charge < -0.3 is 20.9 Å². The minimum atomic E-state index is -1.39. The number of methoxy groups -OCH3 is 1. The molecule has 0 fully saturated rings. The molecule has 1 aromatic rings. The smallest absolute Gasteiger partial charge is 0.248 e. The van der Waals surface area contributed by atoms with Crippen molar-refractivity contribution in [3.63, 3.8) is 0 Å². The second kappa shape index (κ2) is 7.30. The summed E-state index contributed by atoms with van der Waals surface area (Å²) in [5.41, 5.74) is 6.67. The van der Waals surface area contributed by atoms with E-state index >= 15 is 0 Å². The summed E-state index contributed by atoms with van der Waals surface area (Å²) < 4.78 is 5.18. The highest BCUT2D eigenvalue weighted by Crippen LogP contribution is 2.20. The molecule has 1 aromatic carbocycles. The summed E-state index contributed by atoms with van der Waals surface area (Å²) in [6.45, 7) is 1.71. The fraction of sp³-hybridized carbons (Fsp3) is 0.286. The van der Waals surface area contributed by atoms with Crippen molar-refractivity contribution >= 4 is 17.9 Å². The third kappa shape index (κ3) is 4.74. The lowest BCUT2D eigenvalue weighted by atomic mass is 10.1. The fourth-order valence-electron chi connectivity index (χ4n) is 1.51. The number of aryl methyl sites for hydroxylation is 1. The van der Waals surface area contributed by atoms with E-state index in [1.807, 2.05) is 25.1 Å². The van der Waals surface area contributed by atoms with Crippen LogP contribution in [0.15, 0.2) is 24.3 Å². The molecule has 0 bridgehead atoms. The lowest BCUT2D eigenvalue weighted by Crippen LogP contribution is -2.39. The van der Waals surface area contributed by atoms with Gasteiger partial charge in [0.1, 0.15) is 11.9 Å². The molecule has 0 saturated heterocycles. The number of carbonyl (C=O) groups is 2. The Hall–Kier alpha value is -2.34. The van der Waals surface area contributed by atoms with Gasteiger partial charge >= 0.3 is 0 Å². The number of nitrogens with one attached hydrogen (secondary N) is 1. The van der Waals surface area contributed by atoms with Gasteiger partial charge in [-0.2, -0.15) is 0 Å². The molecule has 1 rings (SSSR count). The van der Waals surface area contributed by atoms with Crippen molar-refractivity contribution < 1.29 is 19.4 Å². The van der Waals surface area contributed by atoms with Crippen LogP contribution in [-0.4, -0.2) is 36.7 Å². The molecule has 0 aliphatic heterocycles. The number of nitrogens with two attached hydrogens (primary N) is 1. The zero-order valence-electron chi connectivity index (χ0n) is 11.4. The van der Waals surface area contributed by atoms with E-state index in [4.69, 9.17) is 15.6 Å². The largest absolute Gasteiger partial charge is 0.496 e. The van der Waals surface area contributed by atoms with E-state index in [0.29, 0.717) is 5.75 Å². The van der Waals surface area contributed by atoms with Crippen molar-refractivity contribution in [1.29, 1.82) is 0 Å². The van der Waals surface area contributed by atoms with Crippen LogP contribution in [0.3, 0.4) is 0 Å². The molecular weight excluding hydrogens is 260 g/mol. The van der Waals surface area contributed by atoms with Gasteiger partial charge in [0.15, 0.2) is 0 Å². The SMILES string of the molecule is COc1ccc(C)cc1/C=C/C(=O)NCC(O)C(N)=O.